The summed E-state index contributed by atoms with van der Waals surface area (Å²) in [4.78, 5) is 20.9. The van der Waals surface area contributed by atoms with E-state index in [4.69, 9.17) is 15.0 Å². The molecule has 1 aliphatic rings. The zero-order valence-corrected chi connectivity index (χ0v) is 7.80. The van der Waals surface area contributed by atoms with Crippen molar-refractivity contribution in [3.8, 4) is 0 Å². The molecular formula is C8H15NO4. The molecule has 0 saturated carbocycles. The first-order valence-electron chi connectivity index (χ1n) is 4.04. The van der Waals surface area contributed by atoms with Crippen LogP contribution in [-0.2, 0) is 9.59 Å². The number of likely N-dealkylation sites (tertiary alicyclic amines) is 1. The fourth-order valence-electron chi connectivity index (χ4n) is 1.03. The highest BCUT2D eigenvalue weighted by Gasteiger charge is 2.30. The number of aldehydes is 1. The lowest BCUT2D eigenvalue weighted by molar-refractivity contribution is -0.128. The van der Waals surface area contributed by atoms with Crippen LogP contribution in [0.15, 0.2) is 0 Å². The van der Waals surface area contributed by atoms with Crippen LogP contribution < -0.4 is 0 Å². The lowest BCUT2D eigenvalue weighted by Gasteiger charge is -2.10. The summed E-state index contributed by atoms with van der Waals surface area (Å²) in [5, 5.41) is 17.9. The summed E-state index contributed by atoms with van der Waals surface area (Å²) in [6.45, 7) is 3.39. The van der Waals surface area contributed by atoms with Gasteiger partial charge in [-0.15, -0.1) is 0 Å². The Labute approximate surface area is 77.0 Å². The minimum atomic E-state index is -0.760. The van der Waals surface area contributed by atoms with Crippen LogP contribution in [0.25, 0.3) is 0 Å². The Balaban J connectivity index is 0.000000424. The number of β-amino-alcohol motifs (C(OH)–C–C–N with tert-alkyl or cyclic N) is 2. The summed E-state index contributed by atoms with van der Waals surface area (Å²) in [6.07, 6.45) is -0.771. The van der Waals surface area contributed by atoms with Crippen LogP contribution in [0.3, 0.4) is 0 Å². The third-order valence-corrected chi connectivity index (χ3v) is 1.70. The molecule has 13 heavy (non-hydrogen) atoms. The van der Waals surface area contributed by atoms with Crippen molar-refractivity contribution in [2.24, 2.45) is 0 Å². The Bertz CT molecular complexity index is 173. The van der Waals surface area contributed by atoms with Gasteiger partial charge in [-0.05, 0) is 6.92 Å². The summed E-state index contributed by atoms with van der Waals surface area (Å²) in [7, 11) is 0. The second-order valence-corrected chi connectivity index (χ2v) is 2.79. The minimum absolute atomic E-state index is 0.101. The smallest absolute Gasteiger partial charge is 0.219 e. The SMILES string of the molecule is CC(=O)N1CC(O)C(O)C1.CC=O. The van der Waals surface area contributed by atoms with Crippen molar-refractivity contribution < 1.29 is 19.8 Å². The molecule has 1 saturated heterocycles. The molecule has 1 aliphatic heterocycles. The van der Waals surface area contributed by atoms with Gasteiger partial charge in [-0.1, -0.05) is 0 Å². The monoisotopic (exact) mass is 189 g/mol. The van der Waals surface area contributed by atoms with Crippen molar-refractivity contribution in [2.45, 2.75) is 26.1 Å². The molecule has 0 aromatic heterocycles. The second-order valence-electron chi connectivity index (χ2n) is 2.79. The van der Waals surface area contributed by atoms with Gasteiger partial charge in [-0.2, -0.15) is 0 Å². The van der Waals surface area contributed by atoms with E-state index >= 15 is 0 Å². The summed E-state index contributed by atoms with van der Waals surface area (Å²) in [6, 6.07) is 0. The third kappa shape index (κ3) is 4.00. The van der Waals surface area contributed by atoms with E-state index in [9.17, 15) is 4.79 Å². The summed E-state index contributed by atoms with van der Waals surface area (Å²) in [5.74, 6) is -0.101. The first-order chi connectivity index (χ1) is 6.02. The number of hydrogen-bond acceptors (Lipinski definition) is 4. The lowest BCUT2D eigenvalue weighted by atomic mass is 10.3. The molecule has 1 fully saturated rings. The van der Waals surface area contributed by atoms with Crippen LogP contribution in [0.5, 0.6) is 0 Å². The highest BCUT2D eigenvalue weighted by atomic mass is 16.3. The molecule has 0 radical (unpaired) electrons. The number of aliphatic hydroxyl groups excluding tert-OH is 2. The Morgan fingerprint density at radius 3 is 1.85 bits per heavy atom. The van der Waals surface area contributed by atoms with Crippen molar-refractivity contribution in [1.82, 2.24) is 4.90 Å². The van der Waals surface area contributed by atoms with E-state index in [0.717, 1.165) is 6.29 Å². The van der Waals surface area contributed by atoms with Crippen LogP contribution in [0.1, 0.15) is 13.8 Å². The third-order valence-electron chi connectivity index (χ3n) is 1.70. The molecule has 1 amide bonds. The topological polar surface area (TPSA) is 77.8 Å². The molecule has 0 aromatic rings. The van der Waals surface area contributed by atoms with Gasteiger partial charge in [-0.3, -0.25) is 4.79 Å². The molecule has 0 aliphatic carbocycles. The van der Waals surface area contributed by atoms with E-state index in [-0.39, 0.29) is 19.0 Å². The van der Waals surface area contributed by atoms with Crippen LogP contribution in [0.2, 0.25) is 0 Å². The lowest BCUT2D eigenvalue weighted by Crippen LogP contribution is -2.26. The van der Waals surface area contributed by atoms with E-state index in [1.54, 1.807) is 0 Å². The normalized spacial score (nSPS) is 26.3. The van der Waals surface area contributed by atoms with E-state index in [0.29, 0.717) is 0 Å². The number of hydrogen-bond donors (Lipinski definition) is 2. The molecule has 0 spiro atoms. The fourth-order valence-corrected chi connectivity index (χ4v) is 1.03. The number of aliphatic hydroxyl groups is 2. The minimum Gasteiger partial charge on any atom is -0.388 e. The molecule has 0 bridgehead atoms. The van der Waals surface area contributed by atoms with Crippen LogP contribution >= 0.6 is 0 Å². The number of nitrogens with zero attached hydrogens (tertiary/aromatic N) is 1. The van der Waals surface area contributed by atoms with Crippen molar-refractivity contribution in [1.29, 1.82) is 0 Å². The molecule has 2 unspecified atom stereocenters. The molecular weight excluding hydrogens is 174 g/mol. The van der Waals surface area contributed by atoms with E-state index in [2.05, 4.69) is 0 Å². The zero-order valence-electron chi connectivity index (χ0n) is 7.80. The number of carbonyl (C=O) groups is 2. The maximum absolute atomic E-state index is 10.6. The van der Waals surface area contributed by atoms with Crippen molar-refractivity contribution >= 4 is 12.2 Å². The van der Waals surface area contributed by atoms with Gasteiger partial charge in [0.2, 0.25) is 5.91 Å². The van der Waals surface area contributed by atoms with Gasteiger partial charge in [0.05, 0.1) is 12.2 Å². The maximum atomic E-state index is 10.6. The fraction of sp³-hybridized carbons (Fsp3) is 0.750. The predicted molar refractivity (Wildman–Crippen MR) is 46.0 cm³/mol. The molecule has 2 atom stereocenters. The van der Waals surface area contributed by atoms with Gasteiger partial charge in [-0.25, -0.2) is 0 Å². The van der Waals surface area contributed by atoms with Gasteiger partial charge in [0.1, 0.15) is 6.29 Å². The van der Waals surface area contributed by atoms with Gasteiger partial charge >= 0.3 is 0 Å². The average Bonchev–Trinajstić information content (AvgIpc) is 2.34. The highest BCUT2D eigenvalue weighted by Crippen LogP contribution is 2.08. The van der Waals surface area contributed by atoms with E-state index < -0.39 is 12.2 Å². The summed E-state index contributed by atoms with van der Waals surface area (Å²) >= 11 is 0. The van der Waals surface area contributed by atoms with Crippen LogP contribution in [0.4, 0.5) is 0 Å². The van der Waals surface area contributed by atoms with Gasteiger partial charge in [0, 0.05) is 20.0 Å². The Kier molecular flexibility index (Phi) is 5.25. The maximum Gasteiger partial charge on any atom is 0.219 e. The Morgan fingerprint density at radius 1 is 1.38 bits per heavy atom. The van der Waals surface area contributed by atoms with Crippen LogP contribution in [0, 0.1) is 0 Å². The quantitative estimate of drug-likeness (QED) is 0.468. The standard InChI is InChI=1S/C6H11NO3.C2H4O/c1-4(8)7-2-5(9)6(10)3-7;1-2-3/h5-6,9-10H,2-3H2,1H3;2H,1H3. The van der Waals surface area contributed by atoms with Crippen molar-refractivity contribution in [3.05, 3.63) is 0 Å². The number of amides is 1. The molecule has 0 aromatic carbocycles. The molecule has 5 nitrogen and oxygen atoms in total. The highest BCUT2D eigenvalue weighted by molar-refractivity contribution is 5.73. The summed E-state index contributed by atoms with van der Waals surface area (Å²) < 4.78 is 0. The van der Waals surface area contributed by atoms with E-state index in [1.165, 1.54) is 18.7 Å². The van der Waals surface area contributed by atoms with Crippen molar-refractivity contribution in [2.75, 3.05) is 13.1 Å². The molecule has 1 rings (SSSR count). The van der Waals surface area contributed by atoms with Gasteiger partial charge < -0.3 is 19.9 Å². The predicted octanol–water partition coefficient (Wildman–Crippen LogP) is -1.22. The number of rotatable bonds is 0. The first-order valence-corrected chi connectivity index (χ1v) is 4.04. The largest absolute Gasteiger partial charge is 0.388 e. The van der Waals surface area contributed by atoms with E-state index in [1.807, 2.05) is 0 Å². The Hall–Kier alpha value is -0.940. The molecule has 2 N–H and O–H groups in total. The van der Waals surface area contributed by atoms with Gasteiger partial charge in [0.25, 0.3) is 0 Å². The average molecular weight is 189 g/mol. The van der Waals surface area contributed by atoms with Gasteiger partial charge in [0.15, 0.2) is 0 Å². The number of carbonyl (C=O) groups excluding carboxylic acids is 2. The zero-order chi connectivity index (χ0) is 10.4. The first kappa shape index (κ1) is 12.1. The molecule has 1 heterocycles. The summed E-state index contributed by atoms with van der Waals surface area (Å²) in [5.41, 5.74) is 0. The Morgan fingerprint density at radius 2 is 1.69 bits per heavy atom. The second kappa shape index (κ2) is 5.66. The van der Waals surface area contributed by atoms with Crippen molar-refractivity contribution in [3.63, 3.8) is 0 Å². The molecule has 5 heteroatoms. The molecule has 76 valence electrons. The van der Waals surface area contributed by atoms with Crippen LogP contribution in [-0.4, -0.2) is 52.6 Å².